The summed E-state index contributed by atoms with van der Waals surface area (Å²) in [4.78, 5) is 30.4. The van der Waals surface area contributed by atoms with Crippen LogP contribution in [0.2, 0.25) is 18.6 Å². The van der Waals surface area contributed by atoms with Crippen LogP contribution in [-0.2, 0) is 19.9 Å². The quantitative estimate of drug-likeness (QED) is 0.336. The lowest BCUT2D eigenvalue weighted by Gasteiger charge is -2.31. The molecule has 9 heteroatoms. The van der Waals surface area contributed by atoms with Crippen LogP contribution in [0.4, 0.5) is 9.80 Å². The molecule has 4 rings (SSSR count). The minimum absolute atomic E-state index is 0.00564. The van der Waals surface area contributed by atoms with Gasteiger partial charge in [0, 0.05) is 34.6 Å². The summed E-state index contributed by atoms with van der Waals surface area (Å²) in [5, 5.41) is 9.65. The molecule has 1 spiro atoms. The summed E-state index contributed by atoms with van der Waals surface area (Å²) < 4.78 is 23.1. The van der Waals surface area contributed by atoms with E-state index in [1.807, 2.05) is 25.1 Å². The summed E-state index contributed by atoms with van der Waals surface area (Å²) in [6, 6.07) is 5.42. The average Bonchev–Trinajstić information content (AvgIpc) is 3.39. The highest BCUT2D eigenvalue weighted by atomic mass is 79.9. The van der Waals surface area contributed by atoms with Gasteiger partial charge in [0.25, 0.3) is 5.91 Å². The minimum atomic E-state index is -3.33. The van der Waals surface area contributed by atoms with Crippen molar-refractivity contribution < 1.29 is 23.5 Å². The molecule has 180 valence electrons. The number of anilines is 1. The normalized spacial score (nSPS) is 31.5. The summed E-state index contributed by atoms with van der Waals surface area (Å²) in [6.07, 6.45) is 2.56. The summed E-state index contributed by atoms with van der Waals surface area (Å²) in [5.41, 5.74) is -0.422. The van der Waals surface area contributed by atoms with Crippen LogP contribution in [-0.4, -0.2) is 62.1 Å². The van der Waals surface area contributed by atoms with Crippen LogP contribution < -0.4 is 4.90 Å². The number of likely N-dealkylation sites (tertiary alicyclic amines) is 1. The second-order valence-corrected chi connectivity index (χ2v) is 14.6. The van der Waals surface area contributed by atoms with Crippen LogP contribution in [0.5, 0.6) is 0 Å². The van der Waals surface area contributed by atoms with Gasteiger partial charge in [-0.2, -0.15) is 0 Å². The molecule has 0 aliphatic carbocycles. The van der Waals surface area contributed by atoms with Crippen molar-refractivity contribution in [1.82, 2.24) is 4.90 Å². The zero-order valence-electron chi connectivity index (χ0n) is 19.4. The first-order chi connectivity index (χ1) is 15.6. The Morgan fingerprint density at radius 1 is 1.45 bits per heavy atom. The summed E-state index contributed by atoms with van der Waals surface area (Å²) >= 11 is 3.51. The molecule has 2 amide bonds. The minimum Gasteiger partial charge on any atom is -0.394 e. The zero-order valence-corrected chi connectivity index (χ0v) is 22.0. The van der Waals surface area contributed by atoms with Gasteiger partial charge in [0.15, 0.2) is 5.60 Å². The van der Waals surface area contributed by atoms with Crippen molar-refractivity contribution in [1.29, 1.82) is 0 Å². The molecule has 0 radical (unpaired) electrons. The SMILES string of the molecule is C=CCN1C(=O)[C@]2(O[C@H](CC(=O)N3CCC[C@H]3CO)[C@@H]([Si](C)(C)F)[C@@H]2C)c2cc(Br)ccc21. The first-order valence-electron chi connectivity index (χ1n) is 11.6. The van der Waals surface area contributed by atoms with Crippen LogP contribution in [0, 0.1) is 5.92 Å². The van der Waals surface area contributed by atoms with Gasteiger partial charge in [-0.25, -0.2) is 0 Å². The van der Waals surface area contributed by atoms with Gasteiger partial charge in [-0.05, 0) is 44.1 Å². The number of aliphatic hydroxyl groups excluding tert-OH is 1. The van der Waals surface area contributed by atoms with Crippen molar-refractivity contribution in [2.24, 2.45) is 5.92 Å². The predicted molar refractivity (Wildman–Crippen MR) is 131 cm³/mol. The second kappa shape index (κ2) is 8.91. The average molecular weight is 540 g/mol. The van der Waals surface area contributed by atoms with Crippen molar-refractivity contribution in [3.63, 3.8) is 0 Å². The maximum Gasteiger partial charge on any atom is 0.264 e. The van der Waals surface area contributed by atoms with Gasteiger partial charge in [-0.1, -0.05) is 28.9 Å². The Balaban J connectivity index is 1.75. The highest BCUT2D eigenvalue weighted by Gasteiger charge is 2.67. The third-order valence-electron chi connectivity index (χ3n) is 7.52. The van der Waals surface area contributed by atoms with Crippen molar-refractivity contribution >= 4 is 41.8 Å². The number of carbonyl (C=O) groups is 2. The van der Waals surface area contributed by atoms with E-state index in [2.05, 4.69) is 22.5 Å². The fourth-order valence-electron chi connectivity index (χ4n) is 6.17. The molecule has 0 bridgehead atoms. The number of amides is 2. The molecule has 2 fully saturated rings. The smallest absolute Gasteiger partial charge is 0.264 e. The van der Waals surface area contributed by atoms with Crippen LogP contribution >= 0.6 is 15.9 Å². The molecule has 3 aliphatic heterocycles. The number of hydrogen-bond donors (Lipinski definition) is 1. The molecule has 0 aromatic heterocycles. The highest BCUT2D eigenvalue weighted by molar-refractivity contribution is 9.10. The van der Waals surface area contributed by atoms with E-state index in [1.54, 1.807) is 29.0 Å². The number of hydrogen-bond acceptors (Lipinski definition) is 4. The third kappa shape index (κ3) is 3.90. The number of ether oxygens (including phenoxy) is 1. The summed E-state index contributed by atoms with van der Waals surface area (Å²) in [7, 11) is -3.33. The van der Waals surface area contributed by atoms with Gasteiger partial charge in [0.05, 0.1) is 30.9 Å². The van der Waals surface area contributed by atoms with Crippen LogP contribution in [0.15, 0.2) is 35.3 Å². The first-order valence-corrected chi connectivity index (χ1v) is 15.3. The van der Waals surface area contributed by atoms with Crippen molar-refractivity contribution in [2.45, 2.75) is 62.6 Å². The zero-order chi connectivity index (χ0) is 24.1. The second-order valence-electron chi connectivity index (χ2n) is 9.91. The van der Waals surface area contributed by atoms with Gasteiger partial charge in [0.2, 0.25) is 14.3 Å². The number of halogens is 2. The largest absolute Gasteiger partial charge is 0.394 e. The van der Waals surface area contributed by atoms with E-state index in [9.17, 15) is 14.7 Å². The lowest BCUT2D eigenvalue weighted by Crippen LogP contribution is -2.45. The molecule has 1 aromatic carbocycles. The summed E-state index contributed by atoms with van der Waals surface area (Å²) in [6.45, 7) is 9.75. The molecule has 0 saturated carbocycles. The van der Waals surface area contributed by atoms with Crippen LogP contribution in [0.25, 0.3) is 0 Å². The fourth-order valence-corrected chi connectivity index (χ4v) is 9.03. The van der Waals surface area contributed by atoms with Crippen molar-refractivity contribution in [3.8, 4) is 0 Å². The molecule has 6 nitrogen and oxygen atoms in total. The first kappa shape index (κ1) is 24.6. The molecule has 5 atom stereocenters. The number of rotatable bonds is 6. The number of nitrogens with zero attached hydrogens (tertiary/aromatic N) is 2. The topological polar surface area (TPSA) is 70.1 Å². The molecule has 2 saturated heterocycles. The van der Waals surface area contributed by atoms with Crippen molar-refractivity contribution in [3.05, 3.63) is 40.9 Å². The van der Waals surface area contributed by atoms with Crippen LogP contribution in [0.3, 0.4) is 0 Å². The monoisotopic (exact) mass is 538 g/mol. The molecule has 1 aromatic rings. The Kier molecular flexibility index (Phi) is 6.63. The molecule has 0 unspecified atom stereocenters. The number of fused-ring (bicyclic) bond motifs is 2. The molecular formula is C24H32BrFN2O4Si. The maximum absolute atomic E-state index is 15.8. The number of carbonyl (C=O) groups excluding carboxylic acids is 2. The standard InChI is InChI=1S/C24H32BrFN2O4Si/c1-5-10-28-19-9-8-16(25)12-18(19)24(23(28)31)15(2)22(33(3,4)26)20(32-24)13-21(30)27-11-6-7-17(27)14-29/h5,8-9,12,15,17,20,22,29H,1,6-7,10-11,13-14H2,2-4H3/t15-,17-,20+,22-,24+/m0/s1. The van der Waals surface area contributed by atoms with E-state index in [0.29, 0.717) is 18.7 Å². The van der Waals surface area contributed by atoms with E-state index in [1.165, 1.54) is 0 Å². The van der Waals surface area contributed by atoms with Crippen LogP contribution in [0.1, 0.15) is 31.7 Å². The number of aliphatic hydroxyl groups is 1. The van der Waals surface area contributed by atoms with E-state index in [0.717, 1.165) is 23.0 Å². The van der Waals surface area contributed by atoms with Gasteiger partial charge in [0.1, 0.15) is 0 Å². The third-order valence-corrected chi connectivity index (χ3v) is 10.5. The van der Waals surface area contributed by atoms with E-state index < -0.39 is 31.6 Å². The lowest BCUT2D eigenvalue weighted by molar-refractivity contribution is -0.149. The number of benzene rings is 1. The maximum atomic E-state index is 15.8. The Morgan fingerprint density at radius 2 is 2.18 bits per heavy atom. The fraction of sp³-hybridized carbons (Fsp3) is 0.583. The molecule has 1 N–H and O–H groups in total. The van der Waals surface area contributed by atoms with E-state index in [4.69, 9.17) is 4.74 Å². The Hall–Kier alpha value is -1.55. The Morgan fingerprint density at radius 3 is 2.82 bits per heavy atom. The molecule has 3 heterocycles. The van der Waals surface area contributed by atoms with Gasteiger partial charge < -0.3 is 23.8 Å². The van der Waals surface area contributed by atoms with Gasteiger partial charge >= 0.3 is 0 Å². The Bertz CT molecular complexity index is 970. The summed E-state index contributed by atoms with van der Waals surface area (Å²) in [5.74, 6) is -0.813. The van der Waals surface area contributed by atoms with E-state index >= 15 is 4.11 Å². The highest BCUT2D eigenvalue weighted by Crippen LogP contribution is 2.60. The van der Waals surface area contributed by atoms with Crippen molar-refractivity contribution in [2.75, 3.05) is 24.6 Å². The molecular weight excluding hydrogens is 507 g/mol. The predicted octanol–water partition coefficient (Wildman–Crippen LogP) is 4.13. The molecule has 33 heavy (non-hydrogen) atoms. The molecule has 3 aliphatic rings. The van der Waals surface area contributed by atoms with Gasteiger partial charge in [-0.3, -0.25) is 9.59 Å². The van der Waals surface area contributed by atoms with E-state index in [-0.39, 0.29) is 30.9 Å². The Labute approximate surface area is 204 Å². The lowest BCUT2D eigenvalue weighted by atomic mass is 9.82. The van der Waals surface area contributed by atoms with Gasteiger partial charge in [-0.15, -0.1) is 6.58 Å².